The first kappa shape index (κ1) is 11.4. The maximum Gasteiger partial charge on any atom is 0.146 e. The van der Waals surface area contributed by atoms with Crippen LogP contribution in [0.3, 0.4) is 0 Å². The number of hydrogen-bond acceptors (Lipinski definition) is 1. The Morgan fingerprint density at radius 3 is 3.00 bits per heavy atom. The van der Waals surface area contributed by atoms with Crippen molar-refractivity contribution in [2.75, 3.05) is 11.9 Å². The van der Waals surface area contributed by atoms with Gasteiger partial charge in [0.05, 0.1) is 5.69 Å². The highest BCUT2D eigenvalue weighted by Gasteiger charge is 2.23. The van der Waals surface area contributed by atoms with Crippen LogP contribution in [0.1, 0.15) is 50.5 Å². The second-order valence-electron chi connectivity index (χ2n) is 4.63. The van der Waals surface area contributed by atoms with E-state index in [4.69, 9.17) is 0 Å². The van der Waals surface area contributed by atoms with E-state index in [1.165, 1.54) is 43.7 Å². The Balaban J connectivity index is 1.93. The van der Waals surface area contributed by atoms with Gasteiger partial charge >= 0.3 is 0 Å². The molecule has 0 spiro atoms. The van der Waals surface area contributed by atoms with E-state index in [1.807, 2.05) is 6.07 Å². The second kappa shape index (κ2) is 5.33. The molecule has 0 saturated heterocycles. The molecular weight excluding hydrogens is 201 g/mol. The van der Waals surface area contributed by atoms with Crippen LogP contribution >= 0.6 is 0 Å². The summed E-state index contributed by atoms with van der Waals surface area (Å²) in [6, 6.07) is 5.41. The fourth-order valence-corrected chi connectivity index (χ4v) is 2.48. The van der Waals surface area contributed by atoms with E-state index >= 15 is 0 Å². The van der Waals surface area contributed by atoms with Gasteiger partial charge in [-0.05, 0) is 18.1 Å². The summed E-state index contributed by atoms with van der Waals surface area (Å²) >= 11 is 0. The molecule has 0 radical (unpaired) electrons. The Hall–Kier alpha value is -1.05. The number of para-hydroxylation sites is 1. The lowest BCUT2D eigenvalue weighted by molar-refractivity contribution is 0.578. The number of anilines is 1. The molecule has 16 heavy (non-hydrogen) atoms. The zero-order valence-electron chi connectivity index (χ0n) is 9.93. The number of halogens is 1. The molecule has 0 fully saturated rings. The van der Waals surface area contributed by atoms with Crippen molar-refractivity contribution in [3.63, 3.8) is 0 Å². The van der Waals surface area contributed by atoms with Crippen molar-refractivity contribution in [3.05, 3.63) is 29.6 Å². The Morgan fingerprint density at radius 2 is 2.19 bits per heavy atom. The Kier molecular flexibility index (Phi) is 3.81. The molecule has 0 aliphatic carbocycles. The summed E-state index contributed by atoms with van der Waals surface area (Å²) in [5.41, 5.74) is 1.92. The third kappa shape index (κ3) is 2.37. The molecule has 1 aliphatic heterocycles. The highest BCUT2D eigenvalue weighted by molar-refractivity contribution is 5.58. The summed E-state index contributed by atoms with van der Waals surface area (Å²) < 4.78 is 13.4. The van der Waals surface area contributed by atoms with E-state index in [1.54, 1.807) is 0 Å². The lowest BCUT2D eigenvalue weighted by atomic mass is 9.95. The smallest absolute Gasteiger partial charge is 0.146 e. The number of benzene rings is 1. The minimum Gasteiger partial charge on any atom is -0.382 e. The standard InChI is InChI=1S/C14H20FN/c1-2-3-4-5-7-11-10-16-14-12(11)8-6-9-13(14)15/h6,8-9,11,16H,2-5,7,10H2,1H3. The summed E-state index contributed by atoms with van der Waals surface area (Å²) in [6.07, 6.45) is 6.33. The topological polar surface area (TPSA) is 12.0 Å². The molecular formula is C14H20FN. The van der Waals surface area contributed by atoms with E-state index in [2.05, 4.69) is 18.3 Å². The highest BCUT2D eigenvalue weighted by atomic mass is 19.1. The molecule has 0 amide bonds. The number of fused-ring (bicyclic) bond motifs is 1. The summed E-state index contributed by atoms with van der Waals surface area (Å²) in [5.74, 6) is 0.413. The van der Waals surface area contributed by atoms with Crippen LogP contribution in [0.4, 0.5) is 10.1 Å². The molecule has 1 nitrogen and oxygen atoms in total. The summed E-state index contributed by atoms with van der Waals surface area (Å²) in [5, 5.41) is 3.18. The fourth-order valence-electron chi connectivity index (χ4n) is 2.48. The number of unbranched alkanes of at least 4 members (excludes halogenated alkanes) is 3. The van der Waals surface area contributed by atoms with Gasteiger partial charge in [0.2, 0.25) is 0 Å². The van der Waals surface area contributed by atoms with Gasteiger partial charge in [-0.2, -0.15) is 0 Å². The molecule has 0 bridgehead atoms. The van der Waals surface area contributed by atoms with Crippen LogP contribution in [0.2, 0.25) is 0 Å². The van der Waals surface area contributed by atoms with Gasteiger partial charge < -0.3 is 5.32 Å². The van der Waals surface area contributed by atoms with Crippen molar-refractivity contribution < 1.29 is 4.39 Å². The van der Waals surface area contributed by atoms with Crippen molar-refractivity contribution in [3.8, 4) is 0 Å². The number of nitrogens with one attached hydrogen (secondary N) is 1. The van der Waals surface area contributed by atoms with Crippen LogP contribution in [0.25, 0.3) is 0 Å². The molecule has 2 rings (SSSR count). The van der Waals surface area contributed by atoms with Crippen LogP contribution < -0.4 is 5.32 Å². The molecule has 0 saturated carbocycles. The van der Waals surface area contributed by atoms with Crippen molar-refractivity contribution in [2.24, 2.45) is 0 Å². The molecule has 1 aromatic carbocycles. The maximum atomic E-state index is 13.4. The predicted octanol–water partition coefficient (Wildman–Crippen LogP) is 4.31. The first-order valence-electron chi connectivity index (χ1n) is 6.35. The molecule has 88 valence electrons. The van der Waals surface area contributed by atoms with E-state index in [-0.39, 0.29) is 5.82 Å². The van der Waals surface area contributed by atoms with E-state index in [9.17, 15) is 4.39 Å². The molecule has 1 N–H and O–H groups in total. The van der Waals surface area contributed by atoms with Crippen molar-refractivity contribution in [2.45, 2.75) is 44.9 Å². The SMILES string of the molecule is CCCCCCC1CNc2c(F)cccc21. The van der Waals surface area contributed by atoms with Crippen LogP contribution in [0.15, 0.2) is 18.2 Å². The summed E-state index contributed by atoms with van der Waals surface area (Å²) in [7, 11) is 0. The van der Waals surface area contributed by atoms with Crippen molar-refractivity contribution in [1.29, 1.82) is 0 Å². The van der Waals surface area contributed by atoms with Gasteiger partial charge in [0, 0.05) is 12.5 Å². The molecule has 1 aromatic rings. The molecule has 1 atom stereocenters. The zero-order chi connectivity index (χ0) is 11.4. The van der Waals surface area contributed by atoms with Gasteiger partial charge in [-0.25, -0.2) is 4.39 Å². The van der Waals surface area contributed by atoms with E-state index in [0.29, 0.717) is 5.92 Å². The zero-order valence-corrected chi connectivity index (χ0v) is 9.93. The first-order valence-corrected chi connectivity index (χ1v) is 6.35. The molecule has 2 heteroatoms. The van der Waals surface area contributed by atoms with Gasteiger partial charge in [0.25, 0.3) is 0 Å². The van der Waals surface area contributed by atoms with Crippen LogP contribution in [-0.4, -0.2) is 6.54 Å². The fraction of sp³-hybridized carbons (Fsp3) is 0.571. The first-order chi connectivity index (χ1) is 7.83. The molecule has 1 heterocycles. The number of hydrogen-bond donors (Lipinski definition) is 1. The Bertz CT molecular complexity index is 349. The maximum absolute atomic E-state index is 13.4. The minimum atomic E-state index is -0.103. The van der Waals surface area contributed by atoms with Crippen LogP contribution in [0, 0.1) is 5.82 Å². The monoisotopic (exact) mass is 221 g/mol. The van der Waals surface area contributed by atoms with Crippen LogP contribution in [-0.2, 0) is 0 Å². The largest absolute Gasteiger partial charge is 0.382 e. The van der Waals surface area contributed by atoms with Gasteiger partial charge in [-0.1, -0.05) is 44.7 Å². The van der Waals surface area contributed by atoms with Crippen molar-refractivity contribution in [1.82, 2.24) is 0 Å². The third-order valence-electron chi connectivity index (χ3n) is 3.42. The van der Waals surface area contributed by atoms with Crippen LogP contribution in [0.5, 0.6) is 0 Å². The molecule has 0 aromatic heterocycles. The Labute approximate surface area is 97.1 Å². The molecule has 1 unspecified atom stereocenters. The lowest BCUT2D eigenvalue weighted by Gasteiger charge is -2.09. The minimum absolute atomic E-state index is 0.103. The highest BCUT2D eigenvalue weighted by Crippen LogP contribution is 2.36. The third-order valence-corrected chi connectivity index (χ3v) is 3.42. The van der Waals surface area contributed by atoms with Gasteiger partial charge in [-0.15, -0.1) is 0 Å². The van der Waals surface area contributed by atoms with Gasteiger partial charge in [-0.3, -0.25) is 0 Å². The Morgan fingerprint density at radius 1 is 1.31 bits per heavy atom. The quantitative estimate of drug-likeness (QED) is 0.731. The predicted molar refractivity (Wildman–Crippen MR) is 66.4 cm³/mol. The number of rotatable bonds is 5. The molecule has 1 aliphatic rings. The summed E-state index contributed by atoms with van der Waals surface area (Å²) in [6.45, 7) is 3.13. The average molecular weight is 221 g/mol. The van der Waals surface area contributed by atoms with Gasteiger partial charge in [0.1, 0.15) is 5.82 Å². The average Bonchev–Trinajstić information content (AvgIpc) is 2.70. The van der Waals surface area contributed by atoms with Crippen molar-refractivity contribution >= 4 is 5.69 Å². The van der Waals surface area contributed by atoms with Gasteiger partial charge in [0.15, 0.2) is 0 Å². The lowest BCUT2D eigenvalue weighted by Crippen LogP contribution is -2.01. The van der Waals surface area contributed by atoms with E-state index < -0.39 is 0 Å². The second-order valence-corrected chi connectivity index (χ2v) is 4.63. The normalized spacial score (nSPS) is 18.2. The summed E-state index contributed by atoms with van der Waals surface area (Å²) in [4.78, 5) is 0. The van der Waals surface area contributed by atoms with E-state index in [0.717, 1.165) is 12.2 Å².